The highest BCUT2D eigenvalue weighted by Crippen LogP contribution is 2.62. The minimum absolute atomic E-state index is 0.876. The molecule has 0 saturated heterocycles. The zero-order valence-electron chi connectivity index (χ0n) is 7.33. The summed E-state index contributed by atoms with van der Waals surface area (Å²) in [5.74, 6) is 1.75. The van der Waals surface area contributed by atoms with Crippen LogP contribution in [-0.2, 0) is 0 Å². The van der Waals surface area contributed by atoms with Crippen LogP contribution in [0.25, 0.3) is 10.8 Å². The molecule has 0 unspecified atom stereocenters. The van der Waals surface area contributed by atoms with Crippen molar-refractivity contribution >= 4 is 10.8 Å². The van der Waals surface area contributed by atoms with Gasteiger partial charge in [0.15, 0.2) is 0 Å². The maximum absolute atomic E-state index is 2.31. The van der Waals surface area contributed by atoms with E-state index < -0.39 is 0 Å². The Balaban J connectivity index is 2.29. The van der Waals surface area contributed by atoms with Crippen LogP contribution in [-0.4, -0.2) is 0 Å². The molecule has 0 heterocycles. The first-order chi connectivity index (χ1) is 6.45. The monoisotopic (exact) mass is 166 g/mol. The SMILES string of the molecule is c1cc2c3c(cccc3c1)[C@H]1C[C@H]21. The summed E-state index contributed by atoms with van der Waals surface area (Å²) < 4.78 is 0. The van der Waals surface area contributed by atoms with Crippen molar-refractivity contribution in [2.75, 3.05) is 0 Å². The molecule has 2 aliphatic rings. The summed E-state index contributed by atoms with van der Waals surface area (Å²) in [6, 6.07) is 13.5. The summed E-state index contributed by atoms with van der Waals surface area (Å²) >= 11 is 0. The molecule has 2 aromatic carbocycles. The average Bonchev–Trinajstić information content (AvgIpc) is 2.90. The second kappa shape index (κ2) is 1.79. The summed E-state index contributed by atoms with van der Waals surface area (Å²) in [6.45, 7) is 0. The molecular formula is C13H10. The van der Waals surface area contributed by atoms with Crippen LogP contribution in [0.2, 0.25) is 0 Å². The first-order valence-corrected chi connectivity index (χ1v) is 4.97. The van der Waals surface area contributed by atoms with Gasteiger partial charge in [-0.1, -0.05) is 36.4 Å². The third-order valence-corrected chi connectivity index (χ3v) is 3.56. The van der Waals surface area contributed by atoms with E-state index in [1.54, 1.807) is 16.5 Å². The normalized spacial score (nSPS) is 27.7. The maximum Gasteiger partial charge on any atom is -0.00804 e. The molecule has 1 fully saturated rings. The van der Waals surface area contributed by atoms with Crippen molar-refractivity contribution < 1.29 is 0 Å². The lowest BCUT2D eigenvalue weighted by Gasteiger charge is -2.03. The highest BCUT2D eigenvalue weighted by molar-refractivity contribution is 5.93. The van der Waals surface area contributed by atoms with Gasteiger partial charge in [0.2, 0.25) is 0 Å². The lowest BCUT2D eigenvalue weighted by molar-refractivity contribution is 1.10. The maximum atomic E-state index is 2.31. The van der Waals surface area contributed by atoms with E-state index in [1.807, 2.05) is 0 Å². The fourth-order valence-electron chi connectivity index (χ4n) is 2.90. The summed E-state index contributed by atoms with van der Waals surface area (Å²) in [7, 11) is 0. The fraction of sp³-hybridized carbons (Fsp3) is 0.231. The van der Waals surface area contributed by atoms with Crippen molar-refractivity contribution in [1.82, 2.24) is 0 Å². The van der Waals surface area contributed by atoms with Crippen LogP contribution >= 0.6 is 0 Å². The van der Waals surface area contributed by atoms with Crippen molar-refractivity contribution in [2.24, 2.45) is 0 Å². The van der Waals surface area contributed by atoms with Crippen molar-refractivity contribution in [3.63, 3.8) is 0 Å². The van der Waals surface area contributed by atoms with E-state index in [-0.39, 0.29) is 0 Å². The van der Waals surface area contributed by atoms with Crippen LogP contribution in [0.5, 0.6) is 0 Å². The van der Waals surface area contributed by atoms with Gasteiger partial charge in [0.1, 0.15) is 0 Å². The van der Waals surface area contributed by atoms with Gasteiger partial charge in [-0.05, 0) is 40.2 Å². The Morgan fingerprint density at radius 3 is 2.08 bits per heavy atom. The zero-order chi connectivity index (χ0) is 8.41. The summed E-state index contributed by atoms with van der Waals surface area (Å²) in [5, 5.41) is 2.99. The molecule has 0 aromatic heterocycles. The van der Waals surface area contributed by atoms with Gasteiger partial charge in [0, 0.05) is 0 Å². The van der Waals surface area contributed by atoms with Gasteiger partial charge in [-0.15, -0.1) is 0 Å². The predicted octanol–water partition coefficient (Wildman–Crippen LogP) is 3.42. The minimum Gasteiger partial charge on any atom is -0.0613 e. The van der Waals surface area contributed by atoms with Gasteiger partial charge in [-0.3, -0.25) is 0 Å². The van der Waals surface area contributed by atoms with Gasteiger partial charge in [0.05, 0.1) is 0 Å². The fourth-order valence-corrected chi connectivity index (χ4v) is 2.90. The lowest BCUT2D eigenvalue weighted by atomic mass is 10.0. The highest BCUT2D eigenvalue weighted by Gasteiger charge is 2.46. The van der Waals surface area contributed by atoms with Crippen molar-refractivity contribution in [3.8, 4) is 0 Å². The first-order valence-electron chi connectivity index (χ1n) is 4.97. The molecule has 0 amide bonds. The predicted molar refractivity (Wildman–Crippen MR) is 54.0 cm³/mol. The van der Waals surface area contributed by atoms with E-state index in [1.165, 1.54) is 11.8 Å². The summed E-state index contributed by atoms with van der Waals surface area (Å²) in [6.07, 6.45) is 1.40. The number of rotatable bonds is 0. The minimum atomic E-state index is 0.876. The van der Waals surface area contributed by atoms with Crippen LogP contribution in [0.1, 0.15) is 29.4 Å². The molecule has 0 heteroatoms. The molecule has 62 valence electrons. The molecule has 0 radical (unpaired) electrons. The quantitative estimate of drug-likeness (QED) is 0.562. The van der Waals surface area contributed by atoms with Crippen LogP contribution in [0.4, 0.5) is 0 Å². The number of fused-ring (bicyclic) bond motifs is 3. The third-order valence-electron chi connectivity index (χ3n) is 3.56. The second-order valence-electron chi connectivity index (χ2n) is 4.24. The molecule has 4 rings (SSSR count). The van der Waals surface area contributed by atoms with Crippen molar-refractivity contribution in [2.45, 2.75) is 18.3 Å². The number of hydrogen-bond acceptors (Lipinski definition) is 0. The molecule has 0 N–H and O–H groups in total. The zero-order valence-corrected chi connectivity index (χ0v) is 7.33. The molecule has 2 atom stereocenters. The Kier molecular flexibility index (Phi) is 0.855. The van der Waals surface area contributed by atoms with E-state index in [0.29, 0.717) is 0 Å². The molecule has 13 heavy (non-hydrogen) atoms. The van der Waals surface area contributed by atoms with E-state index in [9.17, 15) is 0 Å². The molecule has 2 aliphatic carbocycles. The van der Waals surface area contributed by atoms with Gasteiger partial charge in [-0.2, -0.15) is 0 Å². The molecule has 1 saturated carbocycles. The average molecular weight is 166 g/mol. The largest absolute Gasteiger partial charge is 0.0613 e. The standard InChI is InChI=1S/C13H10/c1-3-8-4-2-6-10-12-7-11(12)9(5-1)13(8)10/h1-6,11-12H,7H2/t11-,12-/m1/s1. The highest BCUT2D eigenvalue weighted by atomic mass is 14.5. The molecule has 0 aliphatic heterocycles. The Hall–Kier alpha value is -1.30. The smallest absolute Gasteiger partial charge is 0.00804 e. The molecule has 0 bridgehead atoms. The van der Waals surface area contributed by atoms with E-state index in [2.05, 4.69) is 36.4 Å². The van der Waals surface area contributed by atoms with E-state index >= 15 is 0 Å². The Morgan fingerprint density at radius 2 is 1.46 bits per heavy atom. The summed E-state index contributed by atoms with van der Waals surface area (Å²) in [5.41, 5.74) is 3.22. The van der Waals surface area contributed by atoms with E-state index in [4.69, 9.17) is 0 Å². The molecular weight excluding hydrogens is 156 g/mol. The molecule has 2 aromatic rings. The number of hydrogen-bond donors (Lipinski definition) is 0. The third kappa shape index (κ3) is 0.601. The van der Waals surface area contributed by atoms with Crippen LogP contribution < -0.4 is 0 Å². The van der Waals surface area contributed by atoms with Crippen molar-refractivity contribution in [3.05, 3.63) is 47.5 Å². The van der Waals surface area contributed by atoms with Crippen LogP contribution in [0, 0.1) is 0 Å². The van der Waals surface area contributed by atoms with Gasteiger partial charge < -0.3 is 0 Å². The second-order valence-corrected chi connectivity index (χ2v) is 4.24. The Bertz CT molecular complexity index is 468. The van der Waals surface area contributed by atoms with Crippen LogP contribution in [0.15, 0.2) is 36.4 Å². The van der Waals surface area contributed by atoms with Crippen LogP contribution in [0.3, 0.4) is 0 Å². The van der Waals surface area contributed by atoms with Gasteiger partial charge >= 0.3 is 0 Å². The lowest BCUT2D eigenvalue weighted by Crippen LogP contribution is -1.81. The Morgan fingerprint density at radius 1 is 0.846 bits per heavy atom. The topological polar surface area (TPSA) is 0 Å². The molecule has 0 nitrogen and oxygen atoms in total. The Labute approximate surface area is 77.2 Å². The summed E-state index contributed by atoms with van der Waals surface area (Å²) in [4.78, 5) is 0. The first kappa shape index (κ1) is 6.20. The van der Waals surface area contributed by atoms with Gasteiger partial charge in [-0.25, -0.2) is 0 Å². The number of benzene rings is 2. The van der Waals surface area contributed by atoms with Gasteiger partial charge in [0.25, 0.3) is 0 Å². The molecule has 0 spiro atoms. The van der Waals surface area contributed by atoms with E-state index in [0.717, 1.165) is 11.8 Å². The van der Waals surface area contributed by atoms with Crippen molar-refractivity contribution in [1.29, 1.82) is 0 Å².